The van der Waals surface area contributed by atoms with E-state index in [2.05, 4.69) is 21.2 Å². The van der Waals surface area contributed by atoms with Gasteiger partial charge in [-0.3, -0.25) is 14.5 Å². The Bertz CT molecular complexity index is 459. The van der Waals surface area contributed by atoms with Gasteiger partial charge >= 0.3 is 0 Å². The van der Waals surface area contributed by atoms with Crippen molar-refractivity contribution in [3.05, 3.63) is 28.7 Å². The molecule has 1 aliphatic rings. The number of halogens is 1. The molecule has 0 bridgehead atoms. The topological polar surface area (TPSA) is 49.4 Å². The summed E-state index contributed by atoms with van der Waals surface area (Å²) in [5.41, 5.74) is 0.850. The molecular formula is C13H15BrN2O2. The maximum absolute atomic E-state index is 12.0. The molecule has 1 aromatic carbocycles. The molecule has 1 heterocycles. The predicted octanol–water partition coefficient (Wildman–Crippen LogP) is 2.40. The zero-order valence-corrected chi connectivity index (χ0v) is 11.7. The van der Waals surface area contributed by atoms with Gasteiger partial charge in [0.15, 0.2) is 0 Å². The molecule has 0 aliphatic carbocycles. The van der Waals surface area contributed by atoms with E-state index >= 15 is 0 Å². The van der Waals surface area contributed by atoms with Gasteiger partial charge in [0, 0.05) is 16.7 Å². The summed E-state index contributed by atoms with van der Waals surface area (Å²) < 4.78 is 0.981. The first-order valence-electron chi connectivity index (χ1n) is 5.98. The number of imide groups is 1. The summed E-state index contributed by atoms with van der Waals surface area (Å²) in [6.07, 6.45) is 1.04. The van der Waals surface area contributed by atoms with Crippen LogP contribution in [-0.4, -0.2) is 29.3 Å². The standard InChI is InChI=1S/C13H15BrN2O2/c1-2-7-16-12(17)8-11(13(16)18)15-10-5-3-9(14)4-6-10/h3-6,11,15H,2,7-8H2,1H3. The van der Waals surface area contributed by atoms with E-state index in [-0.39, 0.29) is 18.2 Å². The van der Waals surface area contributed by atoms with Crippen LogP contribution in [0.3, 0.4) is 0 Å². The Morgan fingerprint density at radius 1 is 1.33 bits per heavy atom. The van der Waals surface area contributed by atoms with Gasteiger partial charge in [-0.15, -0.1) is 0 Å². The molecule has 2 amide bonds. The number of amides is 2. The molecule has 0 aromatic heterocycles. The maximum atomic E-state index is 12.0. The number of nitrogens with one attached hydrogen (secondary N) is 1. The van der Waals surface area contributed by atoms with Crippen LogP contribution in [0.1, 0.15) is 19.8 Å². The Labute approximate surface area is 114 Å². The summed E-state index contributed by atoms with van der Waals surface area (Å²) in [6.45, 7) is 2.46. The molecule has 1 fully saturated rings. The van der Waals surface area contributed by atoms with Gasteiger partial charge in [0.2, 0.25) is 5.91 Å². The molecule has 1 unspecified atom stereocenters. The first kappa shape index (κ1) is 13.1. The molecule has 0 saturated carbocycles. The highest BCUT2D eigenvalue weighted by Crippen LogP contribution is 2.20. The van der Waals surface area contributed by atoms with E-state index in [0.29, 0.717) is 6.54 Å². The molecule has 4 nitrogen and oxygen atoms in total. The average Bonchev–Trinajstić information content (AvgIpc) is 2.60. The summed E-state index contributed by atoms with van der Waals surface area (Å²) in [4.78, 5) is 25.0. The van der Waals surface area contributed by atoms with Crippen LogP contribution in [0.4, 0.5) is 5.69 Å². The third kappa shape index (κ3) is 2.72. The summed E-state index contributed by atoms with van der Waals surface area (Å²) in [7, 11) is 0. The number of nitrogens with zero attached hydrogens (tertiary/aromatic N) is 1. The number of likely N-dealkylation sites (tertiary alicyclic amines) is 1. The smallest absolute Gasteiger partial charge is 0.252 e. The van der Waals surface area contributed by atoms with Crippen molar-refractivity contribution in [2.24, 2.45) is 0 Å². The molecule has 1 saturated heterocycles. The molecule has 18 heavy (non-hydrogen) atoms. The molecule has 96 valence electrons. The van der Waals surface area contributed by atoms with Crippen molar-refractivity contribution in [3.8, 4) is 0 Å². The Kier molecular flexibility index (Phi) is 4.01. The van der Waals surface area contributed by atoms with Crippen molar-refractivity contribution in [1.29, 1.82) is 0 Å². The second-order valence-electron chi connectivity index (χ2n) is 4.29. The summed E-state index contributed by atoms with van der Waals surface area (Å²) in [5, 5.41) is 3.10. The Hall–Kier alpha value is -1.36. The van der Waals surface area contributed by atoms with Crippen LogP contribution in [0, 0.1) is 0 Å². The quantitative estimate of drug-likeness (QED) is 0.869. The SMILES string of the molecule is CCCN1C(=O)CC(Nc2ccc(Br)cc2)C1=O. The van der Waals surface area contributed by atoms with E-state index in [1.54, 1.807) is 0 Å². The molecule has 0 radical (unpaired) electrons. The van der Waals surface area contributed by atoms with Crippen molar-refractivity contribution in [3.63, 3.8) is 0 Å². The van der Waals surface area contributed by atoms with Gasteiger partial charge in [-0.25, -0.2) is 0 Å². The second-order valence-corrected chi connectivity index (χ2v) is 5.21. The fourth-order valence-corrected chi connectivity index (χ4v) is 2.27. The minimum atomic E-state index is -0.426. The second kappa shape index (κ2) is 5.52. The Morgan fingerprint density at radius 2 is 2.00 bits per heavy atom. The van der Waals surface area contributed by atoms with Crippen LogP contribution in [0.15, 0.2) is 28.7 Å². The van der Waals surface area contributed by atoms with Gasteiger partial charge in [-0.2, -0.15) is 0 Å². The third-order valence-corrected chi connectivity index (χ3v) is 3.40. The molecule has 1 N–H and O–H groups in total. The van der Waals surface area contributed by atoms with Crippen LogP contribution in [0.25, 0.3) is 0 Å². The first-order valence-corrected chi connectivity index (χ1v) is 6.77. The highest BCUT2D eigenvalue weighted by molar-refractivity contribution is 9.10. The van der Waals surface area contributed by atoms with Gasteiger partial charge in [-0.1, -0.05) is 22.9 Å². The zero-order chi connectivity index (χ0) is 13.1. The number of carbonyl (C=O) groups excluding carboxylic acids is 2. The van der Waals surface area contributed by atoms with Crippen LogP contribution in [0.2, 0.25) is 0 Å². The van der Waals surface area contributed by atoms with E-state index in [1.807, 2.05) is 31.2 Å². The number of hydrogen-bond donors (Lipinski definition) is 1. The van der Waals surface area contributed by atoms with Gasteiger partial charge in [-0.05, 0) is 30.7 Å². The lowest BCUT2D eigenvalue weighted by molar-refractivity contribution is -0.138. The van der Waals surface area contributed by atoms with E-state index in [4.69, 9.17) is 0 Å². The van der Waals surface area contributed by atoms with E-state index in [9.17, 15) is 9.59 Å². The lowest BCUT2D eigenvalue weighted by Gasteiger charge is -2.15. The monoisotopic (exact) mass is 310 g/mol. The number of hydrogen-bond acceptors (Lipinski definition) is 3. The fraction of sp³-hybridized carbons (Fsp3) is 0.385. The van der Waals surface area contributed by atoms with Crippen LogP contribution in [0.5, 0.6) is 0 Å². The molecule has 5 heteroatoms. The van der Waals surface area contributed by atoms with Crippen molar-refractivity contribution < 1.29 is 9.59 Å². The van der Waals surface area contributed by atoms with E-state index in [1.165, 1.54) is 4.90 Å². The fourth-order valence-electron chi connectivity index (χ4n) is 2.00. The lowest BCUT2D eigenvalue weighted by atomic mass is 10.2. The summed E-state index contributed by atoms with van der Waals surface area (Å²) in [5.74, 6) is -0.207. The number of rotatable bonds is 4. The first-order chi connectivity index (χ1) is 8.61. The molecule has 0 spiro atoms. The minimum Gasteiger partial charge on any atom is -0.373 e. The van der Waals surface area contributed by atoms with Gasteiger partial charge in [0.25, 0.3) is 5.91 Å². The van der Waals surface area contributed by atoms with Crippen molar-refractivity contribution >= 4 is 33.4 Å². The Morgan fingerprint density at radius 3 is 2.61 bits per heavy atom. The minimum absolute atomic E-state index is 0.0866. The van der Waals surface area contributed by atoms with Crippen molar-refractivity contribution in [2.45, 2.75) is 25.8 Å². The molecular weight excluding hydrogens is 296 g/mol. The molecule has 1 atom stereocenters. The summed E-state index contributed by atoms with van der Waals surface area (Å²) >= 11 is 3.35. The Balaban J connectivity index is 2.05. The van der Waals surface area contributed by atoms with Crippen LogP contribution >= 0.6 is 15.9 Å². The average molecular weight is 311 g/mol. The molecule has 1 aliphatic heterocycles. The van der Waals surface area contributed by atoms with E-state index in [0.717, 1.165) is 16.6 Å². The van der Waals surface area contributed by atoms with Gasteiger partial charge in [0.1, 0.15) is 6.04 Å². The predicted molar refractivity (Wildman–Crippen MR) is 73.2 cm³/mol. The number of benzene rings is 1. The molecule has 1 aromatic rings. The highest BCUT2D eigenvalue weighted by atomic mass is 79.9. The molecule has 2 rings (SSSR count). The maximum Gasteiger partial charge on any atom is 0.252 e. The number of carbonyl (C=O) groups is 2. The normalized spacial score (nSPS) is 19.4. The lowest BCUT2D eigenvalue weighted by Crippen LogP contribution is -2.35. The third-order valence-electron chi connectivity index (χ3n) is 2.88. The van der Waals surface area contributed by atoms with Gasteiger partial charge < -0.3 is 5.32 Å². The largest absolute Gasteiger partial charge is 0.373 e. The van der Waals surface area contributed by atoms with E-state index < -0.39 is 6.04 Å². The summed E-state index contributed by atoms with van der Waals surface area (Å²) in [6, 6.07) is 7.13. The highest BCUT2D eigenvalue weighted by Gasteiger charge is 2.37. The van der Waals surface area contributed by atoms with Crippen LogP contribution < -0.4 is 5.32 Å². The zero-order valence-electron chi connectivity index (χ0n) is 10.1. The number of anilines is 1. The van der Waals surface area contributed by atoms with Crippen molar-refractivity contribution in [1.82, 2.24) is 4.90 Å². The van der Waals surface area contributed by atoms with Crippen molar-refractivity contribution in [2.75, 3.05) is 11.9 Å². The van der Waals surface area contributed by atoms with Crippen LogP contribution in [-0.2, 0) is 9.59 Å². The van der Waals surface area contributed by atoms with Gasteiger partial charge in [0.05, 0.1) is 6.42 Å².